The Hall–Kier alpha value is -2.32. The minimum Gasteiger partial charge on any atom is -0.480 e. The molecule has 0 saturated heterocycles. The van der Waals surface area contributed by atoms with Crippen LogP contribution in [0.4, 0.5) is 4.79 Å². The zero-order chi connectivity index (χ0) is 15.7. The second-order valence-corrected chi connectivity index (χ2v) is 4.01. The predicted octanol–water partition coefficient (Wildman–Crippen LogP) is -1.09. The van der Waals surface area contributed by atoms with Crippen LogP contribution >= 0.6 is 0 Å². The van der Waals surface area contributed by atoms with E-state index in [4.69, 9.17) is 10.8 Å². The number of ether oxygens (including phenoxy) is 1. The molecule has 0 fully saturated rings. The molecule has 0 aromatic carbocycles. The lowest BCUT2D eigenvalue weighted by molar-refractivity contribution is -0.141. The lowest BCUT2D eigenvalue weighted by Crippen LogP contribution is -2.50. The Labute approximate surface area is 116 Å². The average molecular weight is 289 g/mol. The van der Waals surface area contributed by atoms with Crippen LogP contribution in [0.25, 0.3) is 0 Å². The fourth-order valence-electron chi connectivity index (χ4n) is 1.38. The van der Waals surface area contributed by atoms with Gasteiger partial charge in [0.15, 0.2) is 0 Å². The van der Waals surface area contributed by atoms with Crippen LogP contribution in [0.15, 0.2) is 0 Å². The molecule has 114 valence electrons. The summed E-state index contributed by atoms with van der Waals surface area (Å²) in [7, 11) is 1.18. The van der Waals surface area contributed by atoms with Crippen molar-refractivity contribution in [2.45, 2.75) is 25.8 Å². The number of methoxy groups -OCH3 is 1. The third kappa shape index (κ3) is 6.57. The number of nitrogens with zero attached hydrogens (tertiary/aromatic N) is 1. The first-order valence-electron chi connectivity index (χ1n) is 5.95. The van der Waals surface area contributed by atoms with Crippen LogP contribution < -0.4 is 11.1 Å². The van der Waals surface area contributed by atoms with E-state index in [2.05, 4.69) is 10.1 Å². The number of carbonyl (C=O) groups is 4. The molecule has 3 amide bonds. The van der Waals surface area contributed by atoms with Gasteiger partial charge < -0.3 is 25.8 Å². The van der Waals surface area contributed by atoms with Gasteiger partial charge in [-0.1, -0.05) is 6.92 Å². The predicted molar refractivity (Wildman–Crippen MR) is 67.6 cm³/mol. The Bertz CT molecular complexity index is 384. The van der Waals surface area contributed by atoms with Gasteiger partial charge in [-0.05, 0) is 6.42 Å². The van der Waals surface area contributed by atoms with E-state index in [0.29, 0.717) is 6.42 Å². The van der Waals surface area contributed by atoms with E-state index in [-0.39, 0.29) is 13.1 Å². The molecule has 0 heterocycles. The minimum atomic E-state index is -1.43. The monoisotopic (exact) mass is 289 g/mol. The van der Waals surface area contributed by atoms with Crippen molar-refractivity contribution in [3.05, 3.63) is 0 Å². The van der Waals surface area contributed by atoms with Crippen LogP contribution in [-0.4, -0.2) is 60.1 Å². The van der Waals surface area contributed by atoms with E-state index in [9.17, 15) is 19.2 Å². The quantitative estimate of drug-likeness (QED) is 0.485. The number of nitrogens with one attached hydrogen (secondary N) is 1. The molecule has 0 aliphatic carbocycles. The van der Waals surface area contributed by atoms with Gasteiger partial charge in [0.2, 0.25) is 5.91 Å². The summed E-state index contributed by atoms with van der Waals surface area (Å²) < 4.78 is 4.44. The minimum absolute atomic E-state index is 0.240. The molecule has 0 aliphatic heterocycles. The molecule has 0 aromatic rings. The molecule has 4 N–H and O–H groups in total. The van der Waals surface area contributed by atoms with Gasteiger partial charge >= 0.3 is 18.0 Å². The summed E-state index contributed by atoms with van der Waals surface area (Å²) in [6.45, 7) is 1.72. The molecule has 20 heavy (non-hydrogen) atoms. The van der Waals surface area contributed by atoms with Crippen LogP contribution in [0.5, 0.6) is 0 Å². The number of nitrogens with two attached hydrogens (primary N) is 1. The van der Waals surface area contributed by atoms with Crippen molar-refractivity contribution in [3.63, 3.8) is 0 Å². The maximum Gasteiger partial charge on any atom is 0.326 e. The van der Waals surface area contributed by atoms with E-state index < -0.39 is 36.3 Å². The highest BCUT2D eigenvalue weighted by Gasteiger charge is 2.25. The molecular weight excluding hydrogens is 270 g/mol. The molecule has 0 rings (SSSR count). The van der Waals surface area contributed by atoms with Gasteiger partial charge in [0.05, 0.1) is 13.5 Å². The highest BCUT2D eigenvalue weighted by molar-refractivity contribution is 5.88. The first-order valence-corrected chi connectivity index (χ1v) is 5.95. The Balaban J connectivity index is 4.74. The zero-order valence-electron chi connectivity index (χ0n) is 11.4. The summed E-state index contributed by atoms with van der Waals surface area (Å²) in [5.74, 6) is -2.87. The molecule has 1 atom stereocenters. The third-order valence-electron chi connectivity index (χ3n) is 2.33. The van der Waals surface area contributed by atoms with E-state index in [1.807, 2.05) is 0 Å². The van der Waals surface area contributed by atoms with Crippen molar-refractivity contribution in [3.8, 4) is 0 Å². The van der Waals surface area contributed by atoms with Gasteiger partial charge in [-0.2, -0.15) is 0 Å². The number of carbonyl (C=O) groups excluding carboxylic acids is 3. The number of esters is 1. The number of aliphatic carboxylic acids is 1. The van der Waals surface area contributed by atoms with Crippen LogP contribution in [0.1, 0.15) is 19.8 Å². The lowest BCUT2D eigenvalue weighted by atomic mass is 10.2. The first kappa shape index (κ1) is 17.7. The van der Waals surface area contributed by atoms with Crippen LogP contribution in [0.3, 0.4) is 0 Å². The summed E-state index contributed by atoms with van der Waals surface area (Å²) in [6, 6.07) is -2.21. The van der Waals surface area contributed by atoms with E-state index in [0.717, 1.165) is 4.90 Å². The topological polar surface area (TPSA) is 139 Å². The maximum atomic E-state index is 11.9. The number of primary amides is 1. The number of urea groups is 1. The average Bonchev–Trinajstić information content (AvgIpc) is 2.36. The number of hydrogen-bond acceptors (Lipinski definition) is 5. The van der Waals surface area contributed by atoms with E-state index >= 15 is 0 Å². The first-order chi connectivity index (χ1) is 9.31. The van der Waals surface area contributed by atoms with Crippen LogP contribution in [-0.2, 0) is 19.1 Å². The maximum absolute atomic E-state index is 11.9. The Kier molecular flexibility index (Phi) is 7.71. The Morgan fingerprint density at radius 2 is 1.95 bits per heavy atom. The smallest absolute Gasteiger partial charge is 0.326 e. The molecular formula is C11H19N3O6. The van der Waals surface area contributed by atoms with Crippen molar-refractivity contribution in [2.75, 3.05) is 20.2 Å². The second kappa shape index (κ2) is 8.73. The fourth-order valence-corrected chi connectivity index (χ4v) is 1.38. The number of hydrogen-bond donors (Lipinski definition) is 3. The molecule has 0 bridgehead atoms. The van der Waals surface area contributed by atoms with Crippen molar-refractivity contribution in [1.29, 1.82) is 0 Å². The largest absolute Gasteiger partial charge is 0.480 e. The molecule has 9 nitrogen and oxygen atoms in total. The van der Waals surface area contributed by atoms with Gasteiger partial charge in [0.25, 0.3) is 0 Å². The number of carboxylic acid groups (broad SMARTS) is 1. The molecule has 0 unspecified atom stereocenters. The fraction of sp³-hybridized carbons (Fsp3) is 0.636. The molecule has 0 aromatic heterocycles. The van der Waals surface area contributed by atoms with E-state index in [1.165, 1.54) is 7.11 Å². The van der Waals surface area contributed by atoms with Crippen molar-refractivity contribution < 1.29 is 29.0 Å². The van der Waals surface area contributed by atoms with Gasteiger partial charge in [0.1, 0.15) is 12.6 Å². The van der Waals surface area contributed by atoms with Gasteiger partial charge in [-0.15, -0.1) is 0 Å². The summed E-state index contributed by atoms with van der Waals surface area (Å²) in [6.07, 6.45) is 0.0389. The van der Waals surface area contributed by atoms with Crippen molar-refractivity contribution >= 4 is 23.9 Å². The van der Waals surface area contributed by atoms with Crippen molar-refractivity contribution in [2.24, 2.45) is 5.73 Å². The normalized spacial score (nSPS) is 11.3. The highest BCUT2D eigenvalue weighted by Crippen LogP contribution is 1.98. The Morgan fingerprint density at radius 3 is 2.35 bits per heavy atom. The highest BCUT2D eigenvalue weighted by atomic mass is 16.5. The van der Waals surface area contributed by atoms with Gasteiger partial charge in [-0.3, -0.25) is 9.59 Å². The molecule has 0 aliphatic rings. The second-order valence-electron chi connectivity index (χ2n) is 4.01. The van der Waals surface area contributed by atoms with Crippen LogP contribution in [0, 0.1) is 0 Å². The Morgan fingerprint density at radius 1 is 1.35 bits per heavy atom. The van der Waals surface area contributed by atoms with Crippen LogP contribution in [0.2, 0.25) is 0 Å². The summed E-state index contributed by atoms with van der Waals surface area (Å²) in [5.41, 5.74) is 4.90. The van der Waals surface area contributed by atoms with E-state index in [1.54, 1.807) is 6.92 Å². The SMILES string of the molecule is CCCN(CC(=O)OC)C(=O)N[C@@H](CC(N)=O)C(=O)O. The molecule has 9 heteroatoms. The summed E-state index contributed by atoms with van der Waals surface area (Å²) in [4.78, 5) is 45.8. The lowest BCUT2D eigenvalue weighted by Gasteiger charge is -2.23. The zero-order valence-corrected chi connectivity index (χ0v) is 11.4. The summed E-state index contributed by atoms with van der Waals surface area (Å²) in [5, 5.41) is 11.0. The van der Waals surface area contributed by atoms with Gasteiger partial charge in [0, 0.05) is 6.54 Å². The standard InChI is InChI=1S/C11H19N3O6/c1-3-4-14(6-9(16)20-2)11(19)13-7(10(17)18)5-8(12)15/h7H,3-6H2,1-2H3,(H2,12,15)(H,13,19)(H,17,18)/t7-/m0/s1. The third-order valence-corrected chi connectivity index (χ3v) is 2.33. The molecule has 0 radical (unpaired) electrons. The number of amides is 3. The summed E-state index contributed by atoms with van der Waals surface area (Å²) >= 11 is 0. The van der Waals surface area contributed by atoms with Gasteiger partial charge in [-0.25, -0.2) is 9.59 Å². The molecule has 0 saturated carbocycles. The van der Waals surface area contributed by atoms with Crippen molar-refractivity contribution in [1.82, 2.24) is 10.2 Å². The number of carboxylic acids is 1. The number of rotatable bonds is 8. The molecule has 0 spiro atoms.